The molecule has 1 aromatic heterocycles. The van der Waals surface area contributed by atoms with Crippen molar-refractivity contribution in [2.24, 2.45) is 4.99 Å². The molecule has 1 saturated carbocycles. The molecule has 1 aliphatic carbocycles. The standard InChI is InChI=1S/C19H22N4.C7H6O.C4H5N3/c1-3-8-15(9-4-1)18-19(22-16-10-5-2-6-11-16)23-13-7-12-20-17(23)14-21-18;8-6-7-4-2-1-3-5-7;5-4-6-2-1-3-7-4/h1,3-4,7-9,12-14,16,21-22H,2,5-6,10-11H2;1-6H;1-3H,(H2,5,6,7). The van der Waals surface area contributed by atoms with Gasteiger partial charge in [-0.05, 0) is 25.0 Å². The van der Waals surface area contributed by atoms with Crippen molar-refractivity contribution in [1.29, 1.82) is 0 Å². The number of hydrogen-bond donors (Lipinski definition) is 3. The van der Waals surface area contributed by atoms with E-state index in [1.165, 1.54) is 37.7 Å². The molecule has 8 heteroatoms. The van der Waals surface area contributed by atoms with Gasteiger partial charge in [0.15, 0.2) is 5.82 Å². The summed E-state index contributed by atoms with van der Waals surface area (Å²) < 4.78 is 0. The lowest BCUT2D eigenvalue weighted by Crippen LogP contribution is -2.40. The molecule has 0 atom stereocenters. The van der Waals surface area contributed by atoms with Crippen LogP contribution in [0.15, 0.2) is 114 Å². The van der Waals surface area contributed by atoms with E-state index in [9.17, 15) is 4.79 Å². The Morgan fingerprint density at radius 2 is 1.61 bits per heavy atom. The lowest BCUT2D eigenvalue weighted by atomic mass is 9.95. The molecule has 2 aromatic carbocycles. The summed E-state index contributed by atoms with van der Waals surface area (Å²) in [6.45, 7) is 0. The van der Waals surface area contributed by atoms with Crippen LogP contribution in [0.3, 0.4) is 0 Å². The maximum absolute atomic E-state index is 10.0. The highest BCUT2D eigenvalue weighted by molar-refractivity contribution is 5.76. The number of aromatic nitrogens is 2. The molecule has 0 bridgehead atoms. The third-order valence-electron chi connectivity index (χ3n) is 6.13. The predicted molar refractivity (Wildman–Crippen MR) is 152 cm³/mol. The molecule has 0 radical (unpaired) electrons. The minimum absolute atomic E-state index is 0.322. The van der Waals surface area contributed by atoms with Crippen molar-refractivity contribution in [2.75, 3.05) is 5.73 Å². The average Bonchev–Trinajstić information content (AvgIpc) is 3.00. The molecule has 0 spiro atoms. The van der Waals surface area contributed by atoms with Crippen LogP contribution >= 0.6 is 0 Å². The molecule has 3 heterocycles. The summed E-state index contributed by atoms with van der Waals surface area (Å²) in [5.74, 6) is 2.35. The number of hydrogen-bond acceptors (Lipinski definition) is 8. The molecule has 4 N–H and O–H groups in total. The van der Waals surface area contributed by atoms with Crippen LogP contribution in [0.25, 0.3) is 5.70 Å². The van der Waals surface area contributed by atoms with E-state index in [0.29, 0.717) is 12.0 Å². The molecule has 8 nitrogen and oxygen atoms in total. The Morgan fingerprint density at radius 1 is 0.921 bits per heavy atom. The first-order chi connectivity index (χ1) is 18.7. The normalized spacial score (nSPS) is 16.0. The lowest BCUT2D eigenvalue weighted by Gasteiger charge is -2.35. The van der Waals surface area contributed by atoms with Crippen LogP contribution in [0.2, 0.25) is 0 Å². The van der Waals surface area contributed by atoms with E-state index in [0.717, 1.165) is 29.2 Å². The number of anilines is 1. The van der Waals surface area contributed by atoms with Crippen LogP contribution < -0.4 is 16.4 Å². The van der Waals surface area contributed by atoms with Gasteiger partial charge in [0, 0.05) is 48.2 Å². The average molecular weight is 508 g/mol. The van der Waals surface area contributed by atoms with E-state index in [2.05, 4.69) is 61.0 Å². The van der Waals surface area contributed by atoms with Gasteiger partial charge in [-0.1, -0.05) is 79.9 Å². The zero-order valence-corrected chi connectivity index (χ0v) is 21.3. The fourth-order valence-corrected chi connectivity index (χ4v) is 4.25. The first-order valence-electron chi connectivity index (χ1n) is 12.8. The third kappa shape index (κ3) is 7.64. The summed E-state index contributed by atoms with van der Waals surface area (Å²) in [5, 5.41) is 7.22. The molecule has 38 heavy (non-hydrogen) atoms. The summed E-state index contributed by atoms with van der Waals surface area (Å²) in [7, 11) is 0. The lowest BCUT2D eigenvalue weighted by molar-refractivity contribution is 0.112. The van der Waals surface area contributed by atoms with Gasteiger partial charge in [-0.2, -0.15) is 0 Å². The van der Waals surface area contributed by atoms with Crippen LogP contribution in [0.1, 0.15) is 48.0 Å². The third-order valence-corrected chi connectivity index (χ3v) is 6.13. The quantitative estimate of drug-likeness (QED) is 0.422. The summed E-state index contributed by atoms with van der Waals surface area (Å²) in [4.78, 5) is 23.9. The summed E-state index contributed by atoms with van der Waals surface area (Å²) >= 11 is 0. The van der Waals surface area contributed by atoms with Crippen molar-refractivity contribution < 1.29 is 4.79 Å². The van der Waals surface area contributed by atoms with E-state index < -0.39 is 0 Å². The Kier molecular flexibility index (Phi) is 9.80. The number of nitrogens with zero attached hydrogens (tertiary/aromatic N) is 4. The number of allylic oxidation sites excluding steroid dienone is 1. The van der Waals surface area contributed by atoms with Crippen molar-refractivity contribution in [1.82, 2.24) is 25.5 Å². The summed E-state index contributed by atoms with van der Waals surface area (Å²) in [5.41, 5.74) is 8.16. The zero-order valence-electron chi connectivity index (χ0n) is 21.3. The largest absolute Gasteiger partial charge is 0.368 e. The monoisotopic (exact) mass is 507 g/mol. The van der Waals surface area contributed by atoms with Crippen molar-refractivity contribution >= 4 is 24.1 Å². The van der Waals surface area contributed by atoms with Gasteiger partial charge < -0.3 is 16.4 Å². The molecule has 0 amide bonds. The maximum atomic E-state index is 10.0. The minimum atomic E-state index is 0.322. The van der Waals surface area contributed by atoms with Gasteiger partial charge in [0.1, 0.15) is 12.1 Å². The topological polar surface area (TPSA) is 109 Å². The fourth-order valence-electron chi connectivity index (χ4n) is 4.25. The van der Waals surface area contributed by atoms with Gasteiger partial charge in [-0.15, -0.1) is 0 Å². The van der Waals surface area contributed by atoms with Gasteiger partial charge in [0.2, 0.25) is 5.95 Å². The smallest absolute Gasteiger partial charge is 0.219 e. The molecule has 0 unspecified atom stereocenters. The number of fused-ring (bicyclic) bond motifs is 1. The number of nitrogens with two attached hydrogens (primary N) is 1. The number of aldehydes is 1. The van der Waals surface area contributed by atoms with E-state index in [-0.39, 0.29) is 0 Å². The van der Waals surface area contributed by atoms with Crippen LogP contribution in [0, 0.1) is 0 Å². The number of benzene rings is 2. The van der Waals surface area contributed by atoms with Crippen molar-refractivity contribution in [3.63, 3.8) is 0 Å². The summed E-state index contributed by atoms with van der Waals surface area (Å²) in [6, 6.07) is 21.8. The number of rotatable bonds is 4. The highest BCUT2D eigenvalue weighted by Gasteiger charge is 2.25. The zero-order chi connectivity index (χ0) is 26.4. The Labute approximate surface area is 223 Å². The second kappa shape index (κ2) is 14.1. The molecule has 3 aromatic rings. The minimum Gasteiger partial charge on any atom is -0.368 e. The van der Waals surface area contributed by atoms with Crippen LogP contribution in [-0.4, -0.2) is 33.4 Å². The number of carbonyl (C=O) groups excluding carboxylic acids is 1. The highest BCUT2D eigenvalue weighted by atomic mass is 16.1. The SMILES string of the molecule is C1=CN2C(=CNC(c3ccccc3)=C2NC2CCCCC2)N=C1.Nc1ncccn1.O=Cc1ccccc1. The number of nitrogen functional groups attached to an aromatic ring is 1. The molecule has 2 aliphatic heterocycles. The molecular weight excluding hydrogens is 474 g/mol. The van der Waals surface area contributed by atoms with Gasteiger partial charge in [-0.25, -0.2) is 15.0 Å². The highest BCUT2D eigenvalue weighted by Crippen LogP contribution is 2.29. The molecule has 194 valence electrons. The number of aliphatic imine (C=N–C) groups is 1. The van der Waals surface area contributed by atoms with E-state index in [4.69, 9.17) is 5.73 Å². The first-order valence-corrected chi connectivity index (χ1v) is 12.8. The number of carbonyl (C=O) groups is 1. The molecule has 0 saturated heterocycles. The molecular formula is C30H33N7O. The fraction of sp³-hybridized carbons (Fsp3) is 0.200. The predicted octanol–water partition coefficient (Wildman–Crippen LogP) is 5.10. The van der Waals surface area contributed by atoms with Crippen LogP contribution in [0.5, 0.6) is 0 Å². The Bertz CT molecular complexity index is 1270. The second-order valence-corrected chi connectivity index (χ2v) is 8.84. The Hall–Kier alpha value is -4.72. The number of nitrogens with one attached hydrogen (secondary N) is 2. The van der Waals surface area contributed by atoms with Crippen LogP contribution in [-0.2, 0) is 0 Å². The molecule has 1 fully saturated rings. The second-order valence-electron chi connectivity index (χ2n) is 8.84. The van der Waals surface area contributed by atoms with Crippen molar-refractivity contribution in [3.8, 4) is 0 Å². The Morgan fingerprint density at radius 3 is 2.21 bits per heavy atom. The van der Waals surface area contributed by atoms with Gasteiger partial charge in [0.25, 0.3) is 0 Å². The van der Waals surface area contributed by atoms with Crippen molar-refractivity contribution in [3.05, 3.63) is 120 Å². The van der Waals surface area contributed by atoms with E-state index in [1.807, 2.05) is 42.8 Å². The molecule has 6 rings (SSSR count). The summed E-state index contributed by atoms with van der Waals surface area (Å²) in [6.07, 6.45) is 18.4. The van der Waals surface area contributed by atoms with Gasteiger partial charge in [-0.3, -0.25) is 9.69 Å². The van der Waals surface area contributed by atoms with Crippen molar-refractivity contribution in [2.45, 2.75) is 38.1 Å². The maximum Gasteiger partial charge on any atom is 0.219 e. The van der Waals surface area contributed by atoms with Gasteiger partial charge in [0.05, 0.1) is 5.70 Å². The van der Waals surface area contributed by atoms with Gasteiger partial charge >= 0.3 is 0 Å². The van der Waals surface area contributed by atoms with Crippen LogP contribution in [0.4, 0.5) is 5.95 Å². The molecule has 3 aliphatic rings. The van der Waals surface area contributed by atoms with E-state index >= 15 is 0 Å². The van der Waals surface area contributed by atoms with E-state index in [1.54, 1.807) is 30.6 Å². The first kappa shape index (κ1) is 26.3. The Balaban J connectivity index is 0.000000183.